The normalized spacial score (nSPS) is 15.1. The summed E-state index contributed by atoms with van der Waals surface area (Å²) in [5, 5.41) is 11.4. The van der Waals surface area contributed by atoms with Gasteiger partial charge in [-0.15, -0.1) is 5.10 Å². The molecule has 3 heterocycles. The third-order valence-corrected chi connectivity index (χ3v) is 3.62. The van der Waals surface area contributed by atoms with E-state index in [4.69, 9.17) is 0 Å². The van der Waals surface area contributed by atoms with Crippen LogP contribution in [-0.2, 0) is 0 Å². The van der Waals surface area contributed by atoms with E-state index in [1.165, 1.54) is 0 Å². The van der Waals surface area contributed by atoms with Gasteiger partial charge in [-0.2, -0.15) is 5.10 Å². The summed E-state index contributed by atoms with van der Waals surface area (Å²) in [6.45, 7) is 5.60. The molecule has 0 radical (unpaired) electrons. The van der Waals surface area contributed by atoms with Crippen LogP contribution in [0.1, 0.15) is 5.69 Å². The van der Waals surface area contributed by atoms with Crippen molar-refractivity contribution in [1.82, 2.24) is 20.2 Å². The molecule has 1 fully saturated rings. The van der Waals surface area contributed by atoms with E-state index in [1.54, 1.807) is 6.33 Å². The summed E-state index contributed by atoms with van der Waals surface area (Å²) in [5.41, 5.74) is 0.943. The van der Waals surface area contributed by atoms with Crippen LogP contribution in [0.15, 0.2) is 24.5 Å². The van der Waals surface area contributed by atoms with Gasteiger partial charge in [0.25, 0.3) is 0 Å². The van der Waals surface area contributed by atoms with E-state index >= 15 is 0 Å². The van der Waals surface area contributed by atoms with Gasteiger partial charge in [0.2, 0.25) is 0 Å². The predicted molar refractivity (Wildman–Crippen MR) is 82.8 cm³/mol. The summed E-state index contributed by atoms with van der Waals surface area (Å²) in [6, 6.07) is 6.00. The summed E-state index contributed by atoms with van der Waals surface area (Å²) in [5.74, 6) is 2.75. The van der Waals surface area contributed by atoms with Crippen molar-refractivity contribution in [2.75, 3.05) is 48.3 Å². The van der Waals surface area contributed by atoms with Crippen LogP contribution < -0.4 is 15.1 Å². The Balaban J connectivity index is 1.65. The number of nitrogens with one attached hydrogen (secondary N) is 1. The van der Waals surface area contributed by atoms with Gasteiger partial charge in [-0.05, 0) is 19.1 Å². The van der Waals surface area contributed by atoms with E-state index in [2.05, 4.69) is 35.3 Å². The minimum atomic E-state index is 0.840. The van der Waals surface area contributed by atoms with Crippen molar-refractivity contribution in [1.29, 1.82) is 0 Å². The van der Waals surface area contributed by atoms with Gasteiger partial charge in [-0.25, -0.2) is 9.97 Å². The van der Waals surface area contributed by atoms with Gasteiger partial charge in [0.1, 0.15) is 18.0 Å². The van der Waals surface area contributed by atoms with Crippen LogP contribution in [0.4, 0.5) is 17.5 Å². The molecule has 2 aromatic rings. The Morgan fingerprint density at radius 1 is 0.952 bits per heavy atom. The molecule has 0 spiro atoms. The van der Waals surface area contributed by atoms with Crippen molar-refractivity contribution >= 4 is 17.5 Å². The van der Waals surface area contributed by atoms with Crippen molar-refractivity contribution in [3.05, 3.63) is 30.2 Å². The number of nitrogens with zero attached hydrogens (tertiary/aromatic N) is 6. The molecule has 1 saturated heterocycles. The molecule has 1 aliphatic rings. The van der Waals surface area contributed by atoms with E-state index in [-0.39, 0.29) is 0 Å². The largest absolute Gasteiger partial charge is 0.373 e. The topological polar surface area (TPSA) is 70.1 Å². The predicted octanol–water partition coefficient (Wildman–Crippen LogP) is 0.943. The fourth-order valence-corrected chi connectivity index (χ4v) is 2.38. The maximum atomic E-state index is 4.35. The quantitative estimate of drug-likeness (QED) is 0.900. The standard InChI is InChI=1S/C14H19N7/c1-11-3-4-13(19-18-11)20-5-7-21(8-6-20)14-9-12(15-2)16-10-17-14/h3-4,9-10H,5-8H2,1-2H3,(H,15,16,17). The second-order valence-electron chi connectivity index (χ2n) is 5.02. The van der Waals surface area contributed by atoms with E-state index in [1.807, 2.05) is 32.2 Å². The summed E-state index contributed by atoms with van der Waals surface area (Å²) < 4.78 is 0. The second kappa shape index (κ2) is 5.90. The third-order valence-electron chi connectivity index (χ3n) is 3.62. The van der Waals surface area contributed by atoms with E-state index in [0.29, 0.717) is 0 Å². The number of rotatable bonds is 3. The summed E-state index contributed by atoms with van der Waals surface area (Å²) >= 11 is 0. The number of piperazine rings is 1. The fraction of sp³-hybridized carbons (Fsp3) is 0.429. The molecule has 0 aromatic carbocycles. The Morgan fingerprint density at radius 2 is 1.67 bits per heavy atom. The number of anilines is 3. The highest BCUT2D eigenvalue weighted by Gasteiger charge is 2.19. The SMILES string of the molecule is CNc1cc(N2CCN(c3ccc(C)nn3)CC2)ncn1. The van der Waals surface area contributed by atoms with Crippen molar-refractivity contribution in [2.24, 2.45) is 0 Å². The second-order valence-corrected chi connectivity index (χ2v) is 5.02. The van der Waals surface area contributed by atoms with Crippen molar-refractivity contribution < 1.29 is 0 Å². The number of aryl methyl sites for hydroxylation is 1. The lowest BCUT2D eigenvalue weighted by molar-refractivity contribution is 0.637. The lowest BCUT2D eigenvalue weighted by Crippen LogP contribution is -2.47. The maximum absolute atomic E-state index is 4.35. The molecular weight excluding hydrogens is 266 g/mol. The van der Waals surface area contributed by atoms with E-state index < -0.39 is 0 Å². The first-order valence-electron chi connectivity index (χ1n) is 7.06. The first-order valence-corrected chi connectivity index (χ1v) is 7.06. The number of hydrogen-bond acceptors (Lipinski definition) is 7. The van der Waals surface area contributed by atoms with Crippen molar-refractivity contribution in [2.45, 2.75) is 6.92 Å². The zero-order valence-corrected chi connectivity index (χ0v) is 12.3. The molecule has 7 heteroatoms. The Kier molecular flexibility index (Phi) is 3.81. The third kappa shape index (κ3) is 3.01. The van der Waals surface area contributed by atoms with Gasteiger partial charge in [-0.1, -0.05) is 0 Å². The molecule has 110 valence electrons. The van der Waals surface area contributed by atoms with Crippen LogP contribution in [0.2, 0.25) is 0 Å². The first-order chi connectivity index (χ1) is 10.3. The van der Waals surface area contributed by atoms with Gasteiger partial charge in [0.05, 0.1) is 5.69 Å². The molecule has 0 aliphatic carbocycles. The summed E-state index contributed by atoms with van der Waals surface area (Å²) in [7, 11) is 1.86. The molecule has 1 aliphatic heterocycles. The van der Waals surface area contributed by atoms with Crippen LogP contribution in [0, 0.1) is 6.92 Å². The highest BCUT2D eigenvalue weighted by Crippen LogP contribution is 2.18. The molecule has 0 saturated carbocycles. The first kappa shape index (κ1) is 13.5. The monoisotopic (exact) mass is 285 g/mol. The summed E-state index contributed by atoms with van der Waals surface area (Å²) in [4.78, 5) is 13.0. The van der Waals surface area contributed by atoms with Gasteiger partial charge in [-0.3, -0.25) is 0 Å². The minimum absolute atomic E-state index is 0.840. The van der Waals surface area contributed by atoms with Crippen LogP contribution in [0.3, 0.4) is 0 Å². The molecule has 0 amide bonds. The Morgan fingerprint density at radius 3 is 2.29 bits per heavy atom. The van der Waals surface area contributed by atoms with Gasteiger partial charge < -0.3 is 15.1 Å². The molecule has 2 aromatic heterocycles. The highest BCUT2D eigenvalue weighted by molar-refractivity contribution is 5.50. The van der Waals surface area contributed by atoms with Crippen molar-refractivity contribution in [3.63, 3.8) is 0 Å². The van der Waals surface area contributed by atoms with Gasteiger partial charge >= 0.3 is 0 Å². The zero-order chi connectivity index (χ0) is 14.7. The molecule has 3 rings (SSSR count). The average molecular weight is 285 g/mol. The fourth-order valence-electron chi connectivity index (χ4n) is 2.38. The Labute approximate surface area is 124 Å². The molecule has 0 atom stereocenters. The maximum Gasteiger partial charge on any atom is 0.151 e. The summed E-state index contributed by atoms with van der Waals surface area (Å²) in [6.07, 6.45) is 1.60. The van der Waals surface area contributed by atoms with Crippen LogP contribution in [0.5, 0.6) is 0 Å². The molecule has 1 N–H and O–H groups in total. The van der Waals surface area contributed by atoms with Crippen molar-refractivity contribution in [3.8, 4) is 0 Å². The number of hydrogen-bond donors (Lipinski definition) is 1. The van der Waals surface area contributed by atoms with Crippen LogP contribution >= 0.6 is 0 Å². The molecule has 7 nitrogen and oxygen atoms in total. The lowest BCUT2D eigenvalue weighted by atomic mass is 10.3. The zero-order valence-electron chi connectivity index (χ0n) is 12.3. The van der Waals surface area contributed by atoms with Crippen LogP contribution in [-0.4, -0.2) is 53.4 Å². The van der Waals surface area contributed by atoms with E-state index in [0.717, 1.165) is 49.3 Å². The molecular formula is C14H19N7. The Hall–Kier alpha value is -2.44. The lowest BCUT2D eigenvalue weighted by Gasteiger charge is -2.35. The van der Waals surface area contributed by atoms with Crippen LogP contribution in [0.25, 0.3) is 0 Å². The molecule has 0 unspecified atom stereocenters. The minimum Gasteiger partial charge on any atom is -0.373 e. The smallest absolute Gasteiger partial charge is 0.151 e. The Bertz CT molecular complexity index is 591. The highest BCUT2D eigenvalue weighted by atomic mass is 15.3. The number of aromatic nitrogens is 4. The van der Waals surface area contributed by atoms with Gasteiger partial charge in [0, 0.05) is 39.3 Å². The molecule has 21 heavy (non-hydrogen) atoms. The van der Waals surface area contributed by atoms with E-state index in [9.17, 15) is 0 Å². The average Bonchev–Trinajstić information content (AvgIpc) is 2.56. The molecule has 0 bridgehead atoms. The van der Waals surface area contributed by atoms with Gasteiger partial charge in [0.15, 0.2) is 5.82 Å².